The molecular weight excluding hydrogens is 291 g/mol. The summed E-state index contributed by atoms with van der Waals surface area (Å²) in [5.74, 6) is -0.485. The minimum absolute atomic E-state index is 0.0100. The fourth-order valence-corrected chi connectivity index (χ4v) is 2.52. The highest BCUT2D eigenvalue weighted by Crippen LogP contribution is 2.11. The van der Waals surface area contributed by atoms with E-state index in [0.29, 0.717) is 10.7 Å². The van der Waals surface area contributed by atoms with Gasteiger partial charge in [0.25, 0.3) is 0 Å². The van der Waals surface area contributed by atoms with Crippen LogP contribution in [0.5, 0.6) is 0 Å². The zero-order valence-electron chi connectivity index (χ0n) is 9.68. The zero-order chi connectivity index (χ0) is 13.9. The van der Waals surface area contributed by atoms with Gasteiger partial charge >= 0.3 is 0 Å². The molecule has 0 bridgehead atoms. The Morgan fingerprint density at radius 1 is 1.16 bits per heavy atom. The van der Waals surface area contributed by atoms with Gasteiger partial charge in [-0.1, -0.05) is 17.7 Å². The molecular formula is C12H10ClFN2O2S. The van der Waals surface area contributed by atoms with Crippen LogP contribution in [-0.2, 0) is 16.6 Å². The van der Waals surface area contributed by atoms with E-state index in [1.807, 2.05) is 0 Å². The van der Waals surface area contributed by atoms with Crippen molar-refractivity contribution in [2.45, 2.75) is 11.4 Å². The lowest BCUT2D eigenvalue weighted by Gasteiger charge is -2.06. The number of nitrogens with one attached hydrogen (secondary N) is 1. The van der Waals surface area contributed by atoms with Crippen molar-refractivity contribution in [1.29, 1.82) is 0 Å². The van der Waals surface area contributed by atoms with Crippen molar-refractivity contribution in [2.75, 3.05) is 0 Å². The summed E-state index contributed by atoms with van der Waals surface area (Å²) in [6.07, 6.45) is 1.48. The Hall–Kier alpha value is -1.50. The minimum Gasteiger partial charge on any atom is -0.244 e. The third-order valence-corrected chi connectivity index (χ3v) is 4.02. The van der Waals surface area contributed by atoms with Crippen LogP contribution in [0.25, 0.3) is 0 Å². The van der Waals surface area contributed by atoms with E-state index >= 15 is 0 Å². The van der Waals surface area contributed by atoms with E-state index < -0.39 is 15.8 Å². The van der Waals surface area contributed by atoms with Gasteiger partial charge in [-0.25, -0.2) is 22.5 Å². The number of hydrogen-bond donors (Lipinski definition) is 1. The molecule has 100 valence electrons. The molecule has 2 rings (SSSR count). The number of benzene rings is 1. The molecule has 0 saturated heterocycles. The van der Waals surface area contributed by atoms with Crippen LogP contribution in [-0.4, -0.2) is 13.4 Å². The molecule has 0 amide bonds. The molecule has 1 N–H and O–H groups in total. The molecule has 0 spiro atoms. The van der Waals surface area contributed by atoms with Gasteiger partial charge in [0, 0.05) is 12.7 Å². The molecule has 0 atom stereocenters. The van der Waals surface area contributed by atoms with Crippen LogP contribution in [0, 0.1) is 5.82 Å². The van der Waals surface area contributed by atoms with Gasteiger partial charge in [-0.05, 0) is 35.9 Å². The molecule has 0 radical (unpaired) electrons. The van der Waals surface area contributed by atoms with Crippen molar-refractivity contribution < 1.29 is 12.8 Å². The topological polar surface area (TPSA) is 59.1 Å². The fourth-order valence-electron chi connectivity index (χ4n) is 1.39. The lowest BCUT2D eigenvalue weighted by atomic mass is 10.3. The van der Waals surface area contributed by atoms with Gasteiger partial charge < -0.3 is 0 Å². The lowest BCUT2D eigenvalue weighted by Crippen LogP contribution is -2.23. The second-order valence-corrected chi connectivity index (χ2v) is 5.92. The molecule has 1 aromatic carbocycles. The Labute approximate surface area is 115 Å². The van der Waals surface area contributed by atoms with Crippen LogP contribution in [0.4, 0.5) is 4.39 Å². The van der Waals surface area contributed by atoms with E-state index in [2.05, 4.69) is 9.71 Å². The fraction of sp³-hybridized carbons (Fsp3) is 0.0833. The highest BCUT2D eigenvalue weighted by Gasteiger charge is 2.13. The first-order valence-electron chi connectivity index (χ1n) is 5.33. The Morgan fingerprint density at radius 2 is 1.84 bits per heavy atom. The summed E-state index contributed by atoms with van der Waals surface area (Å²) in [6, 6.07) is 7.85. The van der Waals surface area contributed by atoms with Crippen LogP contribution in [0.1, 0.15) is 5.56 Å². The molecule has 0 fully saturated rings. The van der Waals surface area contributed by atoms with E-state index in [4.69, 9.17) is 11.6 Å². The van der Waals surface area contributed by atoms with Crippen LogP contribution < -0.4 is 4.72 Å². The van der Waals surface area contributed by atoms with E-state index in [0.717, 1.165) is 12.1 Å². The number of halogens is 2. The first-order chi connectivity index (χ1) is 8.97. The van der Waals surface area contributed by atoms with Crippen molar-refractivity contribution in [3.63, 3.8) is 0 Å². The maximum Gasteiger partial charge on any atom is 0.240 e. The molecule has 0 aliphatic heterocycles. The van der Waals surface area contributed by atoms with Gasteiger partial charge in [-0.2, -0.15) is 0 Å². The lowest BCUT2D eigenvalue weighted by molar-refractivity contribution is 0.580. The predicted octanol–water partition coefficient (Wildman–Crippen LogP) is 2.35. The van der Waals surface area contributed by atoms with Gasteiger partial charge in [0.2, 0.25) is 10.0 Å². The highest BCUT2D eigenvalue weighted by atomic mass is 35.5. The number of aromatic nitrogens is 1. The van der Waals surface area contributed by atoms with Crippen molar-refractivity contribution >= 4 is 21.6 Å². The third-order valence-electron chi connectivity index (χ3n) is 2.38. The largest absolute Gasteiger partial charge is 0.244 e. The minimum atomic E-state index is -3.66. The highest BCUT2D eigenvalue weighted by molar-refractivity contribution is 7.89. The number of hydrogen-bond acceptors (Lipinski definition) is 3. The van der Waals surface area contributed by atoms with Gasteiger partial charge in [0.1, 0.15) is 11.0 Å². The Bertz CT molecular complexity index is 657. The Balaban J connectivity index is 2.09. The molecule has 0 aliphatic carbocycles. The summed E-state index contributed by atoms with van der Waals surface area (Å²) in [7, 11) is -3.66. The maximum atomic E-state index is 12.7. The van der Waals surface area contributed by atoms with E-state index in [9.17, 15) is 12.8 Å². The van der Waals surface area contributed by atoms with Crippen molar-refractivity contribution in [3.8, 4) is 0 Å². The summed E-state index contributed by atoms with van der Waals surface area (Å²) in [5.41, 5.74) is 0.676. The van der Waals surface area contributed by atoms with E-state index in [1.165, 1.54) is 18.3 Å². The van der Waals surface area contributed by atoms with E-state index in [-0.39, 0.29) is 11.4 Å². The first kappa shape index (κ1) is 13.9. The van der Waals surface area contributed by atoms with Crippen molar-refractivity contribution in [1.82, 2.24) is 9.71 Å². The average molecular weight is 301 g/mol. The average Bonchev–Trinajstić information content (AvgIpc) is 2.39. The summed E-state index contributed by atoms with van der Waals surface area (Å²) >= 11 is 5.63. The zero-order valence-corrected chi connectivity index (χ0v) is 11.2. The summed E-state index contributed by atoms with van der Waals surface area (Å²) < 4.78 is 38.9. The molecule has 1 aromatic heterocycles. The number of rotatable bonds is 4. The standard InChI is InChI=1S/C12H10ClFN2O2S/c13-12-6-1-9(7-15-12)8-16-19(17,18)11-4-2-10(14)3-5-11/h1-7,16H,8H2. The molecule has 0 saturated carbocycles. The molecule has 0 aliphatic rings. The monoisotopic (exact) mass is 300 g/mol. The normalized spacial score (nSPS) is 11.5. The van der Waals surface area contributed by atoms with Crippen LogP contribution >= 0.6 is 11.6 Å². The van der Waals surface area contributed by atoms with Crippen LogP contribution in [0.3, 0.4) is 0 Å². The van der Waals surface area contributed by atoms with Crippen molar-refractivity contribution in [3.05, 3.63) is 59.1 Å². The number of sulfonamides is 1. The number of pyridine rings is 1. The quantitative estimate of drug-likeness (QED) is 0.882. The number of nitrogens with zero attached hydrogens (tertiary/aromatic N) is 1. The molecule has 1 heterocycles. The molecule has 2 aromatic rings. The van der Waals surface area contributed by atoms with Gasteiger partial charge in [-0.3, -0.25) is 0 Å². The second kappa shape index (κ2) is 5.64. The van der Waals surface area contributed by atoms with Crippen molar-refractivity contribution in [2.24, 2.45) is 0 Å². The molecule has 4 nitrogen and oxygen atoms in total. The second-order valence-electron chi connectivity index (χ2n) is 3.77. The van der Waals surface area contributed by atoms with Gasteiger partial charge in [-0.15, -0.1) is 0 Å². The summed E-state index contributed by atoms with van der Waals surface area (Å²) in [4.78, 5) is 3.86. The molecule has 0 unspecified atom stereocenters. The third kappa shape index (κ3) is 3.73. The maximum absolute atomic E-state index is 12.7. The van der Waals surface area contributed by atoms with Gasteiger partial charge in [0.05, 0.1) is 4.90 Å². The first-order valence-corrected chi connectivity index (χ1v) is 7.19. The Morgan fingerprint density at radius 3 is 2.42 bits per heavy atom. The van der Waals surface area contributed by atoms with Gasteiger partial charge in [0.15, 0.2) is 0 Å². The Kier molecular flexibility index (Phi) is 4.14. The smallest absolute Gasteiger partial charge is 0.240 e. The predicted molar refractivity (Wildman–Crippen MR) is 69.7 cm³/mol. The molecule has 19 heavy (non-hydrogen) atoms. The van der Waals surface area contributed by atoms with E-state index in [1.54, 1.807) is 12.1 Å². The molecule has 7 heteroatoms. The summed E-state index contributed by atoms with van der Waals surface area (Å²) in [6.45, 7) is 0.0872. The summed E-state index contributed by atoms with van der Waals surface area (Å²) in [5, 5.41) is 0.338. The van der Waals surface area contributed by atoms with Crippen LogP contribution in [0.2, 0.25) is 5.15 Å². The SMILES string of the molecule is O=S(=O)(NCc1ccc(Cl)nc1)c1ccc(F)cc1. The van der Waals surface area contributed by atoms with Crippen LogP contribution in [0.15, 0.2) is 47.5 Å².